The van der Waals surface area contributed by atoms with Crippen LogP contribution in [0.4, 0.5) is 4.39 Å². The maximum absolute atomic E-state index is 12.2. The summed E-state index contributed by atoms with van der Waals surface area (Å²) in [6, 6.07) is 0. The van der Waals surface area contributed by atoms with Crippen molar-refractivity contribution in [2.24, 2.45) is 5.92 Å². The highest BCUT2D eigenvalue weighted by atomic mass is 19.1. The standard InChI is InChI=1S/C6H9FO3/c1-3(2)5(8)4(7)6(9)10/h3-4H,1-2H3,(H,9,10). The number of carboxylic acid groups (broad SMARTS) is 1. The molecule has 0 aromatic carbocycles. The van der Waals surface area contributed by atoms with Gasteiger partial charge in [-0.2, -0.15) is 0 Å². The predicted octanol–water partition coefficient (Wildman–Crippen LogP) is 0.634. The minimum absolute atomic E-state index is 0.564. The van der Waals surface area contributed by atoms with Gasteiger partial charge >= 0.3 is 5.97 Å². The molecule has 0 aliphatic rings. The maximum Gasteiger partial charge on any atom is 0.346 e. The molecular formula is C6H9FO3. The summed E-state index contributed by atoms with van der Waals surface area (Å²) in [5.74, 6) is -3.16. The van der Waals surface area contributed by atoms with Crippen molar-refractivity contribution in [1.29, 1.82) is 0 Å². The van der Waals surface area contributed by atoms with Crippen molar-refractivity contribution < 1.29 is 19.1 Å². The molecule has 0 saturated carbocycles. The second-order valence-corrected chi connectivity index (χ2v) is 2.26. The highest BCUT2D eigenvalue weighted by Crippen LogP contribution is 2.02. The van der Waals surface area contributed by atoms with E-state index in [1.54, 1.807) is 0 Å². The number of hydrogen-bond donors (Lipinski definition) is 1. The fourth-order valence-corrected chi connectivity index (χ4v) is 0.414. The summed E-state index contributed by atoms with van der Waals surface area (Å²) in [6.45, 7) is 2.91. The van der Waals surface area contributed by atoms with Gasteiger partial charge in [-0.05, 0) is 0 Å². The maximum atomic E-state index is 12.2. The lowest BCUT2D eigenvalue weighted by molar-refractivity contribution is -0.148. The second-order valence-electron chi connectivity index (χ2n) is 2.26. The van der Waals surface area contributed by atoms with Gasteiger partial charge in [-0.3, -0.25) is 4.79 Å². The monoisotopic (exact) mass is 148 g/mol. The van der Waals surface area contributed by atoms with Gasteiger partial charge in [0.15, 0.2) is 5.78 Å². The van der Waals surface area contributed by atoms with Crippen LogP contribution in [-0.4, -0.2) is 23.0 Å². The van der Waals surface area contributed by atoms with Crippen LogP contribution in [0.15, 0.2) is 0 Å². The number of Topliss-reactive ketones (excluding diaryl/α,β-unsaturated/α-hetero) is 1. The molecule has 0 aliphatic carbocycles. The number of aliphatic carboxylic acids is 1. The van der Waals surface area contributed by atoms with Gasteiger partial charge in [0.05, 0.1) is 0 Å². The first-order valence-corrected chi connectivity index (χ1v) is 2.87. The van der Waals surface area contributed by atoms with E-state index in [4.69, 9.17) is 5.11 Å². The molecule has 0 fully saturated rings. The fourth-order valence-electron chi connectivity index (χ4n) is 0.414. The van der Waals surface area contributed by atoms with Gasteiger partial charge in [0.2, 0.25) is 0 Å². The smallest absolute Gasteiger partial charge is 0.346 e. The summed E-state index contributed by atoms with van der Waals surface area (Å²) < 4.78 is 12.2. The Bertz CT molecular complexity index is 153. The predicted molar refractivity (Wildman–Crippen MR) is 32.4 cm³/mol. The number of carbonyl (C=O) groups excluding carboxylic acids is 1. The average Bonchev–Trinajstić information content (AvgIpc) is 1.84. The molecule has 10 heavy (non-hydrogen) atoms. The van der Waals surface area contributed by atoms with Gasteiger partial charge in [-0.25, -0.2) is 9.18 Å². The topological polar surface area (TPSA) is 54.4 Å². The third-order valence-electron chi connectivity index (χ3n) is 1.04. The van der Waals surface area contributed by atoms with E-state index in [1.807, 2.05) is 0 Å². The van der Waals surface area contributed by atoms with Crippen LogP contribution in [0.25, 0.3) is 0 Å². The highest BCUT2D eigenvalue weighted by Gasteiger charge is 2.26. The summed E-state index contributed by atoms with van der Waals surface area (Å²) in [5, 5.41) is 8.01. The van der Waals surface area contributed by atoms with E-state index in [1.165, 1.54) is 13.8 Å². The lowest BCUT2D eigenvalue weighted by atomic mass is 10.1. The molecule has 0 spiro atoms. The van der Waals surface area contributed by atoms with Crippen LogP contribution >= 0.6 is 0 Å². The van der Waals surface area contributed by atoms with E-state index in [2.05, 4.69) is 0 Å². The largest absolute Gasteiger partial charge is 0.479 e. The van der Waals surface area contributed by atoms with Crippen molar-refractivity contribution in [2.45, 2.75) is 20.0 Å². The molecule has 0 aromatic heterocycles. The second kappa shape index (κ2) is 3.29. The Labute approximate surface area is 57.8 Å². The zero-order chi connectivity index (χ0) is 8.31. The molecule has 4 heteroatoms. The molecule has 0 saturated heterocycles. The summed E-state index contributed by atoms with van der Waals surface area (Å²) in [5.41, 5.74) is 0. The van der Waals surface area contributed by atoms with E-state index in [-0.39, 0.29) is 0 Å². The number of ketones is 1. The molecule has 0 heterocycles. The van der Waals surface area contributed by atoms with Gasteiger partial charge in [0.1, 0.15) is 0 Å². The molecule has 1 N–H and O–H groups in total. The SMILES string of the molecule is CC(C)C(=O)C(F)C(=O)O. The van der Waals surface area contributed by atoms with Crippen LogP contribution in [0.3, 0.4) is 0 Å². The Morgan fingerprint density at radius 3 is 1.90 bits per heavy atom. The van der Waals surface area contributed by atoms with Gasteiger partial charge in [0.25, 0.3) is 6.17 Å². The third kappa shape index (κ3) is 2.13. The molecule has 1 atom stereocenters. The average molecular weight is 148 g/mol. The number of carboxylic acids is 1. The van der Waals surface area contributed by atoms with Crippen molar-refractivity contribution in [3.63, 3.8) is 0 Å². The Kier molecular flexibility index (Phi) is 2.99. The number of carbonyl (C=O) groups is 2. The zero-order valence-electron chi connectivity index (χ0n) is 5.80. The molecule has 0 rings (SSSR count). The van der Waals surface area contributed by atoms with E-state index in [9.17, 15) is 14.0 Å². The molecule has 0 bridgehead atoms. The molecule has 1 unspecified atom stereocenters. The summed E-state index contributed by atoms with van der Waals surface area (Å²) in [6.07, 6.45) is -2.36. The Morgan fingerprint density at radius 2 is 1.80 bits per heavy atom. The highest BCUT2D eigenvalue weighted by molar-refractivity contribution is 6.01. The van der Waals surface area contributed by atoms with Crippen molar-refractivity contribution in [1.82, 2.24) is 0 Å². The van der Waals surface area contributed by atoms with Crippen LogP contribution in [0.5, 0.6) is 0 Å². The molecule has 0 radical (unpaired) electrons. The summed E-state index contributed by atoms with van der Waals surface area (Å²) >= 11 is 0. The van der Waals surface area contributed by atoms with E-state index in [0.29, 0.717) is 0 Å². The minimum Gasteiger partial charge on any atom is -0.479 e. The summed E-state index contributed by atoms with van der Waals surface area (Å²) in [4.78, 5) is 20.4. The first-order chi connectivity index (χ1) is 4.46. The zero-order valence-corrected chi connectivity index (χ0v) is 5.80. The first kappa shape index (κ1) is 9.07. The van der Waals surface area contributed by atoms with Crippen molar-refractivity contribution in [2.75, 3.05) is 0 Å². The van der Waals surface area contributed by atoms with Gasteiger partial charge in [-0.15, -0.1) is 0 Å². The number of hydrogen-bond acceptors (Lipinski definition) is 2. The Morgan fingerprint density at radius 1 is 1.40 bits per heavy atom. The number of rotatable bonds is 3. The van der Waals surface area contributed by atoms with Gasteiger partial charge < -0.3 is 5.11 Å². The first-order valence-electron chi connectivity index (χ1n) is 2.87. The quantitative estimate of drug-likeness (QED) is 0.597. The number of halogens is 1. The minimum atomic E-state index is -2.36. The van der Waals surface area contributed by atoms with Crippen LogP contribution in [0, 0.1) is 5.92 Å². The number of alkyl halides is 1. The van der Waals surface area contributed by atoms with Crippen molar-refractivity contribution >= 4 is 11.8 Å². The van der Waals surface area contributed by atoms with Crippen LogP contribution in [-0.2, 0) is 9.59 Å². The lowest BCUT2D eigenvalue weighted by Crippen LogP contribution is -2.28. The molecular weight excluding hydrogens is 139 g/mol. The molecule has 0 aliphatic heterocycles. The van der Waals surface area contributed by atoms with E-state index >= 15 is 0 Å². The third-order valence-corrected chi connectivity index (χ3v) is 1.04. The normalized spacial score (nSPS) is 13.2. The van der Waals surface area contributed by atoms with Crippen molar-refractivity contribution in [3.8, 4) is 0 Å². The fraction of sp³-hybridized carbons (Fsp3) is 0.667. The molecule has 0 aromatic rings. The summed E-state index contributed by atoms with van der Waals surface area (Å²) in [7, 11) is 0. The van der Waals surface area contributed by atoms with Crippen LogP contribution < -0.4 is 0 Å². The molecule has 0 amide bonds. The molecule has 3 nitrogen and oxygen atoms in total. The van der Waals surface area contributed by atoms with Gasteiger partial charge in [-0.1, -0.05) is 13.8 Å². The van der Waals surface area contributed by atoms with Crippen LogP contribution in [0.1, 0.15) is 13.8 Å². The van der Waals surface area contributed by atoms with Crippen LogP contribution in [0.2, 0.25) is 0 Å². The Hall–Kier alpha value is -0.930. The Balaban J connectivity index is 4.08. The molecule has 58 valence electrons. The van der Waals surface area contributed by atoms with Gasteiger partial charge in [0, 0.05) is 5.92 Å². The van der Waals surface area contributed by atoms with E-state index in [0.717, 1.165) is 0 Å². The lowest BCUT2D eigenvalue weighted by Gasteiger charge is -2.03. The van der Waals surface area contributed by atoms with E-state index < -0.39 is 23.8 Å². The van der Waals surface area contributed by atoms with Crippen molar-refractivity contribution in [3.05, 3.63) is 0 Å².